The Morgan fingerprint density at radius 3 is 2.65 bits per heavy atom. The molecule has 6 fully saturated rings. The SMILES string of the molecule is CN1CCCC1CCNC(=O)C1=CN2C3CCC4CCCCC4C3OC3C(N4CCOCC4)C(F)CC(C1=O)C32. The van der Waals surface area contributed by atoms with Crippen LogP contribution in [0.4, 0.5) is 4.39 Å². The molecule has 3 saturated heterocycles. The van der Waals surface area contributed by atoms with E-state index in [2.05, 4.69) is 27.1 Å². The summed E-state index contributed by atoms with van der Waals surface area (Å²) in [6.45, 7) is 4.24. The first-order valence-corrected chi connectivity index (χ1v) is 16.1. The number of halogens is 1. The Hall–Kier alpha value is -1.55. The Morgan fingerprint density at radius 2 is 1.85 bits per heavy atom. The lowest BCUT2D eigenvalue weighted by molar-refractivity contribution is -0.235. The molecule has 40 heavy (non-hydrogen) atoms. The summed E-state index contributed by atoms with van der Waals surface area (Å²) in [5.74, 6) is 0.109. The molecule has 0 aromatic rings. The average molecular weight is 559 g/mol. The Labute approximate surface area is 238 Å². The summed E-state index contributed by atoms with van der Waals surface area (Å²) in [7, 11) is 2.14. The van der Waals surface area contributed by atoms with E-state index in [1.165, 1.54) is 32.1 Å². The molecule has 10 atom stereocenters. The molecular weight excluding hydrogens is 511 g/mol. The van der Waals surface area contributed by atoms with Gasteiger partial charge in [-0.3, -0.25) is 14.5 Å². The fraction of sp³-hybridized carbons (Fsp3) is 0.871. The minimum atomic E-state index is -1.17. The Kier molecular flexibility index (Phi) is 7.69. The summed E-state index contributed by atoms with van der Waals surface area (Å²) >= 11 is 0. The molecule has 8 nitrogen and oxygen atoms in total. The number of ether oxygens (including phenoxy) is 2. The summed E-state index contributed by atoms with van der Waals surface area (Å²) < 4.78 is 28.9. The van der Waals surface area contributed by atoms with E-state index < -0.39 is 12.1 Å². The number of nitrogens with one attached hydrogen (secondary N) is 1. The maximum absolute atomic E-state index is 16.2. The molecule has 1 N–H and O–H groups in total. The lowest BCUT2D eigenvalue weighted by Crippen LogP contribution is -2.74. The first-order chi connectivity index (χ1) is 19.5. The van der Waals surface area contributed by atoms with Crippen molar-refractivity contribution in [2.45, 2.75) is 107 Å². The minimum Gasteiger partial charge on any atom is -0.379 e. The number of ketones is 1. The number of rotatable bonds is 5. The lowest BCUT2D eigenvalue weighted by Gasteiger charge is -2.62. The summed E-state index contributed by atoms with van der Waals surface area (Å²) in [6.07, 6.45) is 10.9. The second kappa shape index (κ2) is 11.3. The molecule has 0 aromatic heterocycles. The zero-order valence-corrected chi connectivity index (χ0v) is 24.0. The van der Waals surface area contributed by atoms with Crippen molar-refractivity contribution in [3.63, 3.8) is 0 Å². The zero-order chi connectivity index (χ0) is 27.4. The minimum absolute atomic E-state index is 0.0291. The summed E-state index contributed by atoms with van der Waals surface area (Å²) in [5.41, 5.74) is 0.225. The number of hydrogen-bond acceptors (Lipinski definition) is 7. The number of carbonyl (C=O) groups is 2. The van der Waals surface area contributed by atoms with Gasteiger partial charge in [0, 0.05) is 37.8 Å². The number of nitrogens with zero attached hydrogens (tertiary/aromatic N) is 3. The van der Waals surface area contributed by atoms with Crippen LogP contribution in [0.15, 0.2) is 11.8 Å². The molecule has 0 radical (unpaired) electrons. The fourth-order valence-electron chi connectivity index (χ4n) is 9.60. The molecule has 0 spiro atoms. The van der Waals surface area contributed by atoms with E-state index >= 15 is 4.39 Å². The monoisotopic (exact) mass is 558 g/mol. The molecule has 0 aromatic carbocycles. The molecule has 10 unspecified atom stereocenters. The number of Topliss-reactive ketones (excluding diaryl/α,β-unsaturated/α-hetero) is 1. The maximum atomic E-state index is 16.2. The number of amides is 1. The van der Waals surface area contributed by atoms with E-state index in [1.54, 1.807) is 0 Å². The van der Waals surface area contributed by atoms with Crippen LogP contribution in [0.2, 0.25) is 0 Å². The smallest absolute Gasteiger partial charge is 0.256 e. The highest BCUT2D eigenvalue weighted by Gasteiger charge is 2.61. The summed E-state index contributed by atoms with van der Waals surface area (Å²) in [5, 5.41) is 3.06. The molecule has 7 aliphatic rings. The van der Waals surface area contributed by atoms with Crippen LogP contribution in [-0.2, 0) is 19.1 Å². The van der Waals surface area contributed by atoms with Crippen molar-refractivity contribution in [1.82, 2.24) is 20.0 Å². The third kappa shape index (κ3) is 4.73. The summed E-state index contributed by atoms with van der Waals surface area (Å²) in [6, 6.07) is 0.0394. The second-order valence-corrected chi connectivity index (χ2v) is 13.6. The number of carbonyl (C=O) groups excluding carboxylic acids is 2. The van der Waals surface area contributed by atoms with Gasteiger partial charge in [-0.2, -0.15) is 0 Å². The molecule has 4 aliphatic heterocycles. The van der Waals surface area contributed by atoms with Gasteiger partial charge in [0.05, 0.1) is 49.1 Å². The van der Waals surface area contributed by atoms with Gasteiger partial charge in [0.2, 0.25) is 0 Å². The van der Waals surface area contributed by atoms with E-state index in [1.807, 2.05) is 6.20 Å². The van der Waals surface area contributed by atoms with Crippen molar-refractivity contribution >= 4 is 11.7 Å². The van der Waals surface area contributed by atoms with E-state index in [4.69, 9.17) is 9.47 Å². The van der Waals surface area contributed by atoms with Crippen molar-refractivity contribution in [2.75, 3.05) is 46.4 Å². The zero-order valence-electron chi connectivity index (χ0n) is 24.0. The third-order valence-electron chi connectivity index (χ3n) is 11.6. The number of likely N-dealkylation sites (tertiary alicyclic amines) is 1. The first-order valence-electron chi connectivity index (χ1n) is 16.1. The largest absolute Gasteiger partial charge is 0.379 e. The van der Waals surface area contributed by atoms with Crippen LogP contribution in [0.3, 0.4) is 0 Å². The van der Waals surface area contributed by atoms with Gasteiger partial charge in [-0.25, -0.2) is 4.39 Å². The Balaban J connectivity index is 1.18. The van der Waals surface area contributed by atoms with E-state index in [0.29, 0.717) is 50.7 Å². The predicted octanol–water partition coefficient (Wildman–Crippen LogP) is 2.52. The Bertz CT molecular complexity index is 1000. The molecule has 0 bridgehead atoms. The quantitative estimate of drug-likeness (QED) is 0.520. The average Bonchev–Trinajstić information content (AvgIpc) is 3.38. The van der Waals surface area contributed by atoms with Crippen LogP contribution >= 0.6 is 0 Å². The number of morpholine rings is 2. The van der Waals surface area contributed by atoms with Crippen LogP contribution in [0.1, 0.15) is 64.2 Å². The van der Waals surface area contributed by atoms with Gasteiger partial charge < -0.3 is 24.6 Å². The van der Waals surface area contributed by atoms with E-state index in [0.717, 1.165) is 32.2 Å². The van der Waals surface area contributed by atoms with Gasteiger partial charge in [-0.15, -0.1) is 0 Å². The van der Waals surface area contributed by atoms with Gasteiger partial charge in [-0.1, -0.05) is 19.3 Å². The highest BCUT2D eigenvalue weighted by Crippen LogP contribution is 2.51. The third-order valence-corrected chi connectivity index (χ3v) is 11.6. The van der Waals surface area contributed by atoms with E-state index in [-0.39, 0.29) is 54.0 Å². The van der Waals surface area contributed by atoms with Crippen molar-refractivity contribution in [3.05, 3.63) is 11.8 Å². The standard InChI is InChI=1S/C31H47FN4O4/c1-34-12-4-6-20(34)10-11-33-31(38)23-18-36-25-9-8-19-5-2-3-7-21(19)29(25)40-30-26(36)22(28(23)37)17-24(32)27(30)35-13-15-39-16-14-35/h18-22,24-27,29-30H,2-17H2,1H3,(H,33,38). The molecule has 1 amide bonds. The number of hydrogen-bond donors (Lipinski definition) is 1. The molecule has 7 rings (SSSR count). The van der Waals surface area contributed by atoms with Crippen molar-refractivity contribution < 1.29 is 23.5 Å². The number of alkyl halides is 1. The van der Waals surface area contributed by atoms with Gasteiger partial charge in [0.1, 0.15) is 6.17 Å². The Morgan fingerprint density at radius 1 is 1.02 bits per heavy atom. The molecule has 222 valence electrons. The van der Waals surface area contributed by atoms with Crippen LogP contribution in [0.25, 0.3) is 0 Å². The second-order valence-electron chi connectivity index (χ2n) is 13.6. The van der Waals surface area contributed by atoms with Crippen molar-refractivity contribution in [2.24, 2.45) is 17.8 Å². The molecule has 9 heteroatoms. The van der Waals surface area contributed by atoms with Gasteiger partial charge in [0.25, 0.3) is 5.91 Å². The fourth-order valence-corrected chi connectivity index (χ4v) is 9.60. The van der Waals surface area contributed by atoms with Crippen LogP contribution in [0, 0.1) is 17.8 Å². The number of fused-ring (bicyclic) bond motifs is 4. The molecule has 3 saturated carbocycles. The van der Waals surface area contributed by atoms with Crippen LogP contribution < -0.4 is 5.32 Å². The highest BCUT2D eigenvalue weighted by molar-refractivity contribution is 6.20. The molecule has 4 heterocycles. The normalized spacial score (nSPS) is 43.9. The topological polar surface area (TPSA) is 74.3 Å². The lowest BCUT2D eigenvalue weighted by atomic mass is 9.64. The van der Waals surface area contributed by atoms with Crippen molar-refractivity contribution in [3.8, 4) is 0 Å². The van der Waals surface area contributed by atoms with Crippen molar-refractivity contribution in [1.29, 1.82) is 0 Å². The summed E-state index contributed by atoms with van der Waals surface area (Å²) in [4.78, 5) is 34.3. The highest BCUT2D eigenvalue weighted by atomic mass is 19.1. The predicted molar refractivity (Wildman–Crippen MR) is 148 cm³/mol. The van der Waals surface area contributed by atoms with Crippen LogP contribution in [-0.4, -0.2) is 115 Å². The van der Waals surface area contributed by atoms with Gasteiger partial charge in [0.15, 0.2) is 5.78 Å². The van der Waals surface area contributed by atoms with Gasteiger partial charge >= 0.3 is 0 Å². The molecule has 3 aliphatic carbocycles. The molecular formula is C31H47FN4O4. The maximum Gasteiger partial charge on any atom is 0.256 e. The van der Waals surface area contributed by atoms with E-state index in [9.17, 15) is 9.59 Å². The van der Waals surface area contributed by atoms with Gasteiger partial charge in [-0.05, 0) is 70.4 Å². The van der Waals surface area contributed by atoms with Crippen LogP contribution in [0.5, 0.6) is 0 Å². The first kappa shape index (κ1) is 27.3.